The van der Waals surface area contributed by atoms with Gasteiger partial charge in [-0.3, -0.25) is 9.89 Å². The molecule has 0 aromatic rings. The molecule has 1 rings (SSSR count). The molecule has 1 atom stereocenters. The van der Waals surface area contributed by atoms with Gasteiger partial charge in [0, 0.05) is 20.1 Å². The molecule has 0 saturated carbocycles. The summed E-state index contributed by atoms with van der Waals surface area (Å²) in [6, 6.07) is 0.566. The molecule has 1 fully saturated rings. The predicted molar refractivity (Wildman–Crippen MR) is 74.2 cm³/mol. The highest BCUT2D eigenvalue weighted by atomic mass is 15.2. The summed E-state index contributed by atoms with van der Waals surface area (Å²) in [6.07, 6.45) is 3.88. The number of hydrogen-bond donors (Lipinski definition) is 1. The molecule has 4 nitrogen and oxygen atoms in total. The molecule has 1 heterocycles. The fourth-order valence-electron chi connectivity index (χ4n) is 2.33. The minimum Gasteiger partial charge on any atom is -0.370 e. The Morgan fingerprint density at radius 1 is 1.29 bits per heavy atom. The average molecular weight is 240 g/mol. The van der Waals surface area contributed by atoms with Gasteiger partial charge < -0.3 is 10.6 Å². The first-order valence-electron chi connectivity index (χ1n) is 6.72. The number of nitrogens with two attached hydrogens (primary N) is 1. The van der Waals surface area contributed by atoms with E-state index in [1.54, 1.807) is 0 Å². The summed E-state index contributed by atoms with van der Waals surface area (Å²) in [7, 11) is 3.87. The molecular formula is C13H28N4. The van der Waals surface area contributed by atoms with E-state index in [-0.39, 0.29) is 0 Å². The monoisotopic (exact) mass is 240 g/mol. The second-order valence-corrected chi connectivity index (χ2v) is 5.62. The number of nitrogens with zero attached hydrogens (tertiary/aromatic N) is 3. The Morgan fingerprint density at radius 3 is 2.35 bits per heavy atom. The molecule has 1 aliphatic heterocycles. The van der Waals surface area contributed by atoms with Gasteiger partial charge in [0.25, 0.3) is 0 Å². The molecular weight excluding hydrogens is 212 g/mol. The van der Waals surface area contributed by atoms with Gasteiger partial charge in [0.1, 0.15) is 0 Å². The largest absolute Gasteiger partial charge is 0.370 e. The first-order chi connectivity index (χ1) is 8.00. The van der Waals surface area contributed by atoms with Crippen molar-refractivity contribution in [2.24, 2.45) is 16.6 Å². The van der Waals surface area contributed by atoms with Crippen molar-refractivity contribution in [1.29, 1.82) is 0 Å². The molecule has 100 valence electrons. The van der Waals surface area contributed by atoms with Crippen LogP contribution in [0.1, 0.15) is 33.1 Å². The first-order valence-corrected chi connectivity index (χ1v) is 6.72. The Bertz CT molecular complexity index is 242. The Labute approximate surface area is 106 Å². The van der Waals surface area contributed by atoms with Crippen molar-refractivity contribution in [3.05, 3.63) is 0 Å². The van der Waals surface area contributed by atoms with Gasteiger partial charge in [-0.1, -0.05) is 13.8 Å². The van der Waals surface area contributed by atoms with Crippen LogP contribution in [-0.2, 0) is 0 Å². The van der Waals surface area contributed by atoms with Gasteiger partial charge in [-0.2, -0.15) is 0 Å². The maximum Gasteiger partial charge on any atom is 0.190 e. The predicted octanol–water partition coefficient (Wildman–Crippen LogP) is 1.37. The molecule has 1 aliphatic rings. The van der Waals surface area contributed by atoms with Crippen molar-refractivity contribution in [3.63, 3.8) is 0 Å². The number of hydrogen-bond acceptors (Lipinski definition) is 2. The lowest BCUT2D eigenvalue weighted by Crippen LogP contribution is -2.38. The van der Waals surface area contributed by atoms with Crippen molar-refractivity contribution in [2.75, 3.05) is 33.7 Å². The Morgan fingerprint density at radius 2 is 1.88 bits per heavy atom. The second-order valence-electron chi connectivity index (χ2n) is 5.62. The van der Waals surface area contributed by atoms with E-state index in [4.69, 9.17) is 5.73 Å². The number of guanidine groups is 1. The van der Waals surface area contributed by atoms with Crippen molar-refractivity contribution >= 4 is 5.96 Å². The molecule has 0 aromatic carbocycles. The molecule has 2 N–H and O–H groups in total. The summed E-state index contributed by atoms with van der Waals surface area (Å²) in [5.41, 5.74) is 5.85. The summed E-state index contributed by atoms with van der Waals surface area (Å²) in [4.78, 5) is 8.95. The van der Waals surface area contributed by atoms with E-state index in [2.05, 4.69) is 23.7 Å². The minimum atomic E-state index is 0.566. The standard InChI is InChI=1S/C13H28N4/c1-11(2)9-12(17-7-5-6-8-17)10-15-13(14)16(3)4/h11-12H,5-10H2,1-4H3,(H2,14,15)/t12-/m0/s1. The van der Waals surface area contributed by atoms with Crippen LogP contribution in [0.4, 0.5) is 0 Å². The molecule has 0 unspecified atom stereocenters. The van der Waals surface area contributed by atoms with Crippen LogP contribution in [0, 0.1) is 5.92 Å². The first kappa shape index (κ1) is 14.3. The zero-order chi connectivity index (χ0) is 12.8. The van der Waals surface area contributed by atoms with Crippen molar-refractivity contribution in [3.8, 4) is 0 Å². The maximum absolute atomic E-state index is 5.85. The van der Waals surface area contributed by atoms with E-state index in [0.29, 0.717) is 12.0 Å². The summed E-state index contributed by atoms with van der Waals surface area (Å²) in [5.74, 6) is 1.36. The smallest absolute Gasteiger partial charge is 0.190 e. The zero-order valence-corrected chi connectivity index (χ0v) is 11.8. The van der Waals surface area contributed by atoms with Gasteiger partial charge in [-0.25, -0.2) is 0 Å². The van der Waals surface area contributed by atoms with E-state index in [1.165, 1.54) is 32.4 Å². The molecule has 1 saturated heterocycles. The zero-order valence-electron chi connectivity index (χ0n) is 11.8. The number of rotatable bonds is 5. The van der Waals surface area contributed by atoms with Crippen LogP contribution in [0.3, 0.4) is 0 Å². The average Bonchev–Trinajstić information content (AvgIpc) is 2.76. The Balaban J connectivity index is 2.53. The van der Waals surface area contributed by atoms with Gasteiger partial charge >= 0.3 is 0 Å². The van der Waals surface area contributed by atoms with Gasteiger partial charge in [-0.05, 0) is 38.3 Å². The molecule has 4 heteroatoms. The van der Waals surface area contributed by atoms with Gasteiger partial charge in [0.05, 0.1) is 6.54 Å². The second kappa shape index (κ2) is 6.84. The van der Waals surface area contributed by atoms with Crippen molar-refractivity contribution in [1.82, 2.24) is 9.80 Å². The molecule has 0 spiro atoms. The fourth-order valence-corrected chi connectivity index (χ4v) is 2.33. The lowest BCUT2D eigenvalue weighted by Gasteiger charge is -2.28. The normalized spacial score (nSPS) is 19.9. The van der Waals surface area contributed by atoms with Gasteiger partial charge in [0.2, 0.25) is 0 Å². The summed E-state index contributed by atoms with van der Waals surface area (Å²) < 4.78 is 0. The van der Waals surface area contributed by atoms with Crippen molar-refractivity contribution < 1.29 is 0 Å². The van der Waals surface area contributed by atoms with Crippen LogP contribution in [-0.4, -0.2) is 55.5 Å². The molecule has 0 radical (unpaired) electrons. The van der Waals surface area contributed by atoms with E-state index in [9.17, 15) is 0 Å². The van der Waals surface area contributed by atoms with Crippen LogP contribution in [0.15, 0.2) is 4.99 Å². The third-order valence-electron chi connectivity index (χ3n) is 3.32. The fraction of sp³-hybridized carbons (Fsp3) is 0.923. The maximum atomic E-state index is 5.85. The van der Waals surface area contributed by atoms with Crippen LogP contribution in [0.2, 0.25) is 0 Å². The number of aliphatic imine (C=N–C) groups is 1. The molecule has 17 heavy (non-hydrogen) atoms. The van der Waals surface area contributed by atoms with Crippen molar-refractivity contribution in [2.45, 2.75) is 39.2 Å². The third-order valence-corrected chi connectivity index (χ3v) is 3.32. The van der Waals surface area contributed by atoms with E-state index in [0.717, 1.165) is 12.5 Å². The summed E-state index contributed by atoms with van der Waals surface area (Å²) in [6.45, 7) is 7.86. The van der Waals surface area contributed by atoms with E-state index < -0.39 is 0 Å². The van der Waals surface area contributed by atoms with E-state index >= 15 is 0 Å². The van der Waals surface area contributed by atoms with Crippen LogP contribution in [0.25, 0.3) is 0 Å². The SMILES string of the molecule is CC(C)C[C@@H](CN=C(N)N(C)C)N1CCCC1. The van der Waals surface area contributed by atoms with Crippen LogP contribution in [0.5, 0.6) is 0 Å². The van der Waals surface area contributed by atoms with Crippen LogP contribution >= 0.6 is 0 Å². The minimum absolute atomic E-state index is 0.566. The lowest BCUT2D eigenvalue weighted by molar-refractivity contribution is 0.218. The van der Waals surface area contributed by atoms with E-state index in [1.807, 2.05) is 19.0 Å². The molecule has 0 amide bonds. The topological polar surface area (TPSA) is 44.9 Å². The highest BCUT2D eigenvalue weighted by Gasteiger charge is 2.22. The van der Waals surface area contributed by atoms with Gasteiger partial charge in [-0.15, -0.1) is 0 Å². The van der Waals surface area contributed by atoms with Gasteiger partial charge in [0.15, 0.2) is 5.96 Å². The van der Waals surface area contributed by atoms with Crippen LogP contribution < -0.4 is 5.73 Å². The summed E-state index contributed by atoms with van der Waals surface area (Å²) in [5, 5.41) is 0. The quantitative estimate of drug-likeness (QED) is 0.583. The highest BCUT2D eigenvalue weighted by molar-refractivity contribution is 5.77. The number of likely N-dealkylation sites (tertiary alicyclic amines) is 1. The summed E-state index contributed by atoms with van der Waals surface area (Å²) >= 11 is 0. The third kappa shape index (κ3) is 4.94. The molecule has 0 aliphatic carbocycles. The lowest BCUT2D eigenvalue weighted by atomic mass is 10.0. The highest BCUT2D eigenvalue weighted by Crippen LogP contribution is 2.18. The molecule has 0 aromatic heterocycles. The Kier molecular flexibility index (Phi) is 5.75. The Hall–Kier alpha value is -0.770. The molecule has 0 bridgehead atoms.